The smallest absolute Gasteiger partial charge is 0.306 e. The van der Waals surface area contributed by atoms with Crippen molar-refractivity contribution in [3.8, 4) is 0 Å². The number of amides is 1. The lowest BCUT2D eigenvalue weighted by Gasteiger charge is -2.39. The molecule has 1 fully saturated rings. The lowest BCUT2D eigenvalue weighted by Crippen LogP contribution is -2.52. The number of hydrogen-bond acceptors (Lipinski definition) is 7. The lowest BCUT2D eigenvalue weighted by atomic mass is 9.85. The highest BCUT2D eigenvalue weighted by atomic mass is 35.5. The van der Waals surface area contributed by atoms with Gasteiger partial charge in [0.15, 0.2) is 0 Å². The molecule has 0 radical (unpaired) electrons. The summed E-state index contributed by atoms with van der Waals surface area (Å²) in [6.07, 6.45) is 5.34. The number of aromatic nitrogens is 3. The van der Waals surface area contributed by atoms with E-state index < -0.39 is 17.6 Å². The van der Waals surface area contributed by atoms with Crippen molar-refractivity contribution >= 4 is 56.5 Å². The van der Waals surface area contributed by atoms with Crippen molar-refractivity contribution in [2.24, 2.45) is 5.92 Å². The van der Waals surface area contributed by atoms with Crippen molar-refractivity contribution in [1.82, 2.24) is 19.9 Å². The summed E-state index contributed by atoms with van der Waals surface area (Å²) < 4.78 is 1.49. The zero-order valence-electron chi connectivity index (χ0n) is 16.8. The Morgan fingerprint density at radius 2 is 2.16 bits per heavy atom. The van der Waals surface area contributed by atoms with Gasteiger partial charge >= 0.3 is 5.97 Å². The van der Waals surface area contributed by atoms with Crippen LogP contribution in [0, 0.1) is 5.92 Å². The van der Waals surface area contributed by atoms with Crippen molar-refractivity contribution in [1.29, 1.82) is 0 Å². The number of carboxylic acid groups (broad SMARTS) is 1. The number of carbonyl (C=O) groups excluding carboxylic acids is 1. The van der Waals surface area contributed by atoms with Crippen LogP contribution in [-0.4, -0.2) is 31.5 Å². The zero-order chi connectivity index (χ0) is 22.2. The Morgan fingerprint density at radius 3 is 2.88 bits per heavy atom. The van der Waals surface area contributed by atoms with Crippen molar-refractivity contribution in [3.05, 3.63) is 43.9 Å². The maximum absolute atomic E-state index is 13.4. The van der Waals surface area contributed by atoms with Gasteiger partial charge in [-0.1, -0.05) is 11.6 Å². The van der Waals surface area contributed by atoms with Crippen molar-refractivity contribution in [2.45, 2.75) is 44.2 Å². The summed E-state index contributed by atoms with van der Waals surface area (Å²) in [6, 6.07) is 1.47. The number of fused-ring (bicyclic) bond motifs is 5. The van der Waals surface area contributed by atoms with Gasteiger partial charge in [0, 0.05) is 4.88 Å². The number of anilines is 2. The largest absolute Gasteiger partial charge is 0.481 e. The summed E-state index contributed by atoms with van der Waals surface area (Å²) in [4.78, 5) is 47.8. The number of pyridine rings is 1. The molecular formula is C21H18ClN5O4S. The van der Waals surface area contributed by atoms with Crippen LogP contribution in [0.5, 0.6) is 0 Å². The highest BCUT2D eigenvalue weighted by molar-refractivity contribution is 7.19. The molecule has 32 heavy (non-hydrogen) atoms. The predicted octanol–water partition coefficient (Wildman–Crippen LogP) is 3.02. The molecule has 1 amide bonds. The van der Waals surface area contributed by atoms with Crippen LogP contribution >= 0.6 is 22.9 Å². The van der Waals surface area contributed by atoms with Gasteiger partial charge < -0.3 is 15.7 Å². The fraction of sp³-hybridized carbons (Fsp3) is 0.381. The molecule has 0 saturated heterocycles. The summed E-state index contributed by atoms with van der Waals surface area (Å²) in [5.41, 5.74) is 0.441. The average molecular weight is 472 g/mol. The second-order valence-electron chi connectivity index (χ2n) is 8.54. The normalized spacial score (nSPS) is 20.5. The number of rotatable bonds is 3. The van der Waals surface area contributed by atoms with E-state index in [1.54, 1.807) is 0 Å². The average Bonchev–Trinajstić information content (AvgIpc) is 3.27. The predicted molar refractivity (Wildman–Crippen MR) is 119 cm³/mol. The highest BCUT2D eigenvalue weighted by Crippen LogP contribution is 2.43. The van der Waals surface area contributed by atoms with Crippen LogP contribution < -0.4 is 16.2 Å². The van der Waals surface area contributed by atoms with Gasteiger partial charge in [0.05, 0.1) is 16.3 Å². The Labute approximate surface area is 190 Å². The van der Waals surface area contributed by atoms with Gasteiger partial charge in [-0.2, -0.15) is 0 Å². The summed E-state index contributed by atoms with van der Waals surface area (Å²) >= 11 is 7.89. The molecule has 164 valence electrons. The summed E-state index contributed by atoms with van der Waals surface area (Å²) in [6.45, 7) is 0. The molecule has 1 spiro atoms. The van der Waals surface area contributed by atoms with E-state index in [0.717, 1.165) is 27.1 Å². The van der Waals surface area contributed by atoms with Crippen LogP contribution in [0.1, 0.15) is 46.6 Å². The van der Waals surface area contributed by atoms with Crippen molar-refractivity contribution in [3.63, 3.8) is 0 Å². The van der Waals surface area contributed by atoms with Gasteiger partial charge in [0.1, 0.15) is 34.0 Å². The molecule has 0 bridgehead atoms. The van der Waals surface area contributed by atoms with E-state index in [1.165, 1.54) is 28.3 Å². The van der Waals surface area contributed by atoms with Crippen LogP contribution in [0.15, 0.2) is 17.2 Å². The Kier molecular flexibility index (Phi) is 4.16. The van der Waals surface area contributed by atoms with E-state index in [0.29, 0.717) is 37.9 Å². The van der Waals surface area contributed by atoms with E-state index in [1.807, 2.05) is 0 Å². The number of nitrogens with zero attached hydrogens (tertiary/aromatic N) is 3. The number of nitrogens with one attached hydrogen (secondary N) is 2. The number of thiophene rings is 1. The maximum Gasteiger partial charge on any atom is 0.306 e. The second kappa shape index (κ2) is 6.76. The molecule has 2 aliphatic carbocycles. The van der Waals surface area contributed by atoms with Gasteiger partial charge in [-0.05, 0) is 50.2 Å². The highest BCUT2D eigenvalue weighted by Gasteiger charge is 2.49. The molecule has 11 heteroatoms. The summed E-state index contributed by atoms with van der Waals surface area (Å²) in [5.74, 6) is -1.03. The van der Waals surface area contributed by atoms with E-state index >= 15 is 0 Å². The van der Waals surface area contributed by atoms with Gasteiger partial charge in [0.2, 0.25) is 0 Å². The fourth-order valence-corrected chi connectivity index (χ4v) is 6.57. The lowest BCUT2D eigenvalue weighted by molar-refractivity contribution is -0.142. The topological polar surface area (TPSA) is 126 Å². The minimum atomic E-state index is -0.786. The molecule has 3 aromatic heterocycles. The zero-order valence-corrected chi connectivity index (χ0v) is 18.3. The molecule has 1 aliphatic heterocycles. The minimum absolute atomic E-state index is 0.197. The van der Waals surface area contributed by atoms with E-state index in [2.05, 4.69) is 20.6 Å². The molecule has 1 saturated carbocycles. The number of aliphatic carboxylic acids is 1. The number of aryl methyl sites for hydroxylation is 1. The third kappa shape index (κ3) is 2.65. The minimum Gasteiger partial charge on any atom is -0.481 e. The molecule has 9 nitrogen and oxygen atoms in total. The Hall–Kier alpha value is -2.98. The fourth-order valence-electron chi connectivity index (χ4n) is 5.02. The first-order chi connectivity index (χ1) is 15.4. The first-order valence-corrected chi connectivity index (χ1v) is 11.6. The SMILES string of the molecule is O=C1NC2(CCC2)n2c1c(Cl)cc(Nc1ncnc3sc4c(c13)CC[C@H](C(=O)O)C4)c2=O. The van der Waals surface area contributed by atoms with Crippen LogP contribution in [0.4, 0.5) is 11.5 Å². The van der Waals surface area contributed by atoms with Crippen LogP contribution in [0.2, 0.25) is 5.02 Å². The van der Waals surface area contributed by atoms with Gasteiger partial charge in [0.25, 0.3) is 11.5 Å². The Bertz CT molecular complexity index is 1390. The van der Waals surface area contributed by atoms with E-state index in [9.17, 15) is 19.5 Å². The van der Waals surface area contributed by atoms with Crippen molar-refractivity contribution < 1.29 is 14.7 Å². The van der Waals surface area contributed by atoms with Gasteiger partial charge in [-0.15, -0.1) is 11.3 Å². The quantitative estimate of drug-likeness (QED) is 0.536. The number of halogens is 1. The molecule has 0 aromatic carbocycles. The monoisotopic (exact) mass is 471 g/mol. The van der Waals surface area contributed by atoms with Crippen LogP contribution in [0.3, 0.4) is 0 Å². The molecule has 3 aromatic rings. The summed E-state index contributed by atoms with van der Waals surface area (Å²) in [7, 11) is 0. The Balaban J connectivity index is 1.46. The second-order valence-corrected chi connectivity index (χ2v) is 10.0. The third-order valence-corrected chi connectivity index (χ3v) is 8.22. The van der Waals surface area contributed by atoms with E-state index in [-0.39, 0.29) is 27.9 Å². The number of carbonyl (C=O) groups is 2. The molecule has 6 rings (SSSR count). The molecular weight excluding hydrogens is 454 g/mol. The Morgan fingerprint density at radius 1 is 1.34 bits per heavy atom. The van der Waals surface area contributed by atoms with Gasteiger partial charge in [-0.3, -0.25) is 19.0 Å². The van der Waals surface area contributed by atoms with Crippen LogP contribution in [-0.2, 0) is 23.3 Å². The molecule has 3 aliphatic rings. The first-order valence-electron chi connectivity index (χ1n) is 10.4. The number of carboxylic acids is 1. The van der Waals surface area contributed by atoms with Crippen molar-refractivity contribution in [2.75, 3.05) is 5.32 Å². The molecule has 4 heterocycles. The standard InChI is InChI=1S/C21H18ClN5O4S/c22-11-7-12(19(29)27-15(11)17(28)26-21(27)4-1-5-21)25-16-14-10-3-2-9(20(30)31)6-13(10)32-18(14)24-8-23-16/h7-9H,1-6H2,(H,26,28)(H,30,31)(H,23,24,25)/t9-/m0/s1. The van der Waals surface area contributed by atoms with Gasteiger partial charge in [-0.25, -0.2) is 9.97 Å². The summed E-state index contributed by atoms with van der Waals surface area (Å²) in [5, 5.41) is 16.5. The third-order valence-electron chi connectivity index (χ3n) is 6.77. The molecule has 1 atom stereocenters. The first kappa shape index (κ1) is 19.7. The van der Waals surface area contributed by atoms with E-state index in [4.69, 9.17) is 11.6 Å². The maximum atomic E-state index is 13.4. The number of hydrogen-bond donors (Lipinski definition) is 3. The molecule has 3 N–H and O–H groups in total. The molecule has 0 unspecified atom stereocenters. The van der Waals surface area contributed by atoms with Crippen LogP contribution in [0.25, 0.3) is 10.2 Å².